The van der Waals surface area contributed by atoms with Gasteiger partial charge in [-0.3, -0.25) is 9.59 Å². The Bertz CT molecular complexity index is 1370. The minimum atomic E-state index is -0.854. The third-order valence-corrected chi connectivity index (χ3v) is 5.87. The Balaban J connectivity index is 1.53. The molecule has 0 spiro atoms. The minimum Gasteiger partial charge on any atom is -0.465 e. The molecule has 186 valence electrons. The van der Waals surface area contributed by atoms with Gasteiger partial charge in [0, 0.05) is 23.4 Å². The zero-order valence-electron chi connectivity index (χ0n) is 20.3. The molecule has 0 radical (unpaired) electrons. The quantitative estimate of drug-likeness (QED) is 0.243. The predicted molar refractivity (Wildman–Crippen MR) is 144 cm³/mol. The molecule has 1 atom stereocenters. The Hall–Kier alpha value is -4.91. The van der Waals surface area contributed by atoms with Crippen LogP contribution in [0.1, 0.15) is 26.3 Å². The number of nitrogens with two attached hydrogens (primary N) is 1. The molecule has 2 amide bonds. The van der Waals surface area contributed by atoms with Gasteiger partial charge in [0.2, 0.25) is 5.91 Å². The maximum atomic E-state index is 13.2. The molecular weight excluding hydrogens is 466 g/mol. The average Bonchev–Trinajstić information content (AvgIpc) is 2.94. The van der Waals surface area contributed by atoms with Crippen LogP contribution >= 0.6 is 0 Å². The van der Waals surface area contributed by atoms with E-state index in [1.165, 1.54) is 31.4 Å². The first-order valence-corrected chi connectivity index (χ1v) is 11.7. The number of anilines is 2. The number of hydrogen-bond donors (Lipinski definition) is 3. The molecule has 7 heteroatoms. The van der Waals surface area contributed by atoms with Crippen LogP contribution in [0, 0.1) is 0 Å². The summed E-state index contributed by atoms with van der Waals surface area (Å²) in [6, 6.07) is 29.8. The number of methoxy groups -OCH3 is 1. The lowest BCUT2D eigenvalue weighted by atomic mass is 10.00. The van der Waals surface area contributed by atoms with Crippen molar-refractivity contribution in [3.8, 4) is 11.1 Å². The van der Waals surface area contributed by atoms with Gasteiger partial charge in [-0.2, -0.15) is 0 Å². The van der Waals surface area contributed by atoms with Crippen molar-refractivity contribution in [2.45, 2.75) is 12.5 Å². The lowest BCUT2D eigenvalue weighted by molar-refractivity contribution is -0.118. The van der Waals surface area contributed by atoms with Crippen LogP contribution in [0.4, 0.5) is 11.4 Å². The van der Waals surface area contributed by atoms with Crippen molar-refractivity contribution in [2.24, 2.45) is 0 Å². The van der Waals surface area contributed by atoms with Gasteiger partial charge in [0.1, 0.15) is 6.04 Å². The number of ether oxygens (including phenoxy) is 1. The first-order valence-electron chi connectivity index (χ1n) is 11.7. The Morgan fingerprint density at radius 2 is 1.35 bits per heavy atom. The van der Waals surface area contributed by atoms with Crippen LogP contribution in [0.15, 0.2) is 103 Å². The van der Waals surface area contributed by atoms with E-state index in [2.05, 4.69) is 10.6 Å². The summed E-state index contributed by atoms with van der Waals surface area (Å²) in [4.78, 5) is 37.9. The van der Waals surface area contributed by atoms with E-state index in [0.717, 1.165) is 16.7 Å². The first-order chi connectivity index (χ1) is 17.9. The molecule has 0 fully saturated rings. The van der Waals surface area contributed by atoms with Gasteiger partial charge < -0.3 is 21.1 Å². The molecule has 0 bridgehead atoms. The SMILES string of the molecule is COC(=O)c1ccc(C(=O)N[C@H](Cc2ccc(-c3ccccc3)cc2)C(=O)Nc2ccc(N)cc2)cc1. The van der Waals surface area contributed by atoms with Gasteiger partial charge in [-0.05, 0) is 65.2 Å². The molecule has 4 aromatic carbocycles. The molecular formula is C30H27N3O4. The predicted octanol–water partition coefficient (Wildman–Crippen LogP) is 4.70. The average molecular weight is 494 g/mol. The van der Waals surface area contributed by atoms with Crippen molar-refractivity contribution in [3.63, 3.8) is 0 Å². The summed E-state index contributed by atoms with van der Waals surface area (Å²) in [6.45, 7) is 0. The molecule has 0 aliphatic rings. The second kappa shape index (κ2) is 11.7. The smallest absolute Gasteiger partial charge is 0.337 e. The molecule has 0 aliphatic heterocycles. The molecule has 4 rings (SSSR count). The van der Waals surface area contributed by atoms with Crippen LogP contribution in [0.3, 0.4) is 0 Å². The molecule has 0 saturated carbocycles. The van der Waals surface area contributed by atoms with Crippen molar-refractivity contribution in [1.82, 2.24) is 5.32 Å². The van der Waals surface area contributed by atoms with Gasteiger partial charge in [0.25, 0.3) is 5.91 Å². The topological polar surface area (TPSA) is 111 Å². The Morgan fingerprint density at radius 3 is 1.97 bits per heavy atom. The second-order valence-corrected chi connectivity index (χ2v) is 8.47. The standard InChI is InChI=1S/C30H27N3O4/c1-37-30(36)24-13-11-23(12-14-24)28(34)33-27(29(35)32-26-17-15-25(31)16-18-26)19-20-7-9-22(10-8-20)21-5-3-2-4-6-21/h2-18,27H,19,31H2,1H3,(H,32,35)(H,33,34)/t27-/m1/s1. The monoisotopic (exact) mass is 493 g/mol. The van der Waals surface area contributed by atoms with Crippen molar-refractivity contribution >= 4 is 29.2 Å². The van der Waals surface area contributed by atoms with Crippen molar-refractivity contribution in [2.75, 3.05) is 18.2 Å². The van der Waals surface area contributed by atoms with Gasteiger partial charge in [-0.1, -0.05) is 54.6 Å². The van der Waals surface area contributed by atoms with E-state index in [1.54, 1.807) is 24.3 Å². The third-order valence-electron chi connectivity index (χ3n) is 5.87. The fraction of sp³-hybridized carbons (Fsp3) is 0.100. The van der Waals surface area contributed by atoms with Gasteiger partial charge in [-0.15, -0.1) is 0 Å². The van der Waals surface area contributed by atoms with Gasteiger partial charge in [0.05, 0.1) is 12.7 Å². The molecule has 0 aliphatic carbocycles. The molecule has 0 heterocycles. The van der Waals surface area contributed by atoms with E-state index in [-0.39, 0.29) is 12.3 Å². The van der Waals surface area contributed by atoms with Crippen LogP contribution in [0.25, 0.3) is 11.1 Å². The van der Waals surface area contributed by atoms with E-state index in [9.17, 15) is 14.4 Å². The second-order valence-electron chi connectivity index (χ2n) is 8.47. The highest BCUT2D eigenvalue weighted by molar-refractivity contribution is 6.02. The summed E-state index contributed by atoms with van der Waals surface area (Å²) < 4.78 is 4.70. The largest absolute Gasteiger partial charge is 0.465 e. The third kappa shape index (κ3) is 6.61. The number of nitrogen functional groups attached to an aromatic ring is 1. The molecule has 37 heavy (non-hydrogen) atoms. The summed E-state index contributed by atoms with van der Waals surface area (Å²) in [6.07, 6.45) is 0.280. The first kappa shape index (κ1) is 25.2. The summed E-state index contributed by atoms with van der Waals surface area (Å²) in [5, 5.41) is 5.68. The van der Waals surface area contributed by atoms with Crippen molar-refractivity contribution in [1.29, 1.82) is 0 Å². The summed E-state index contributed by atoms with van der Waals surface area (Å²) in [5.74, 6) is -1.29. The van der Waals surface area contributed by atoms with E-state index in [4.69, 9.17) is 10.5 Å². The number of benzene rings is 4. The number of nitrogens with one attached hydrogen (secondary N) is 2. The molecule has 7 nitrogen and oxygen atoms in total. The zero-order valence-corrected chi connectivity index (χ0v) is 20.3. The molecule has 0 saturated heterocycles. The Labute approximate surface area is 215 Å². The number of rotatable bonds is 8. The Morgan fingerprint density at radius 1 is 0.757 bits per heavy atom. The van der Waals surface area contributed by atoms with E-state index >= 15 is 0 Å². The van der Waals surface area contributed by atoms with E-state index in [0.29, 0.717) is 22.5 Å². The fourth-order valence-corrected chi connectivity index (χ4v) is 3.82. The number of hydrogen-bond acceptors (Lipinski definition) is 5. The number of carbonyl (C=O) groups excluding carboxylic acids is 3. The van der Waals surface area contributed by atoms with E-state index < -0.39 is 17.9 Å². The van der Waals surface area contributed by atoms with Crippen molar-refractivity contribution in [3.05, 3.63) is 120 Å². The fourth-order valence-electron chi connectivity index (χ4n) is 3.82. The molecule has 0 unspecified atom stereocenters. The van der Waals surface area contributed by atoms with Crippen LogP contribution in [-0.4, -0.2) is 30.9 Å². The zero-order chi connectivity index (χ0) is 26.2. The molecule has 0 aromatic heterocycles. The highest BCUT2D eigenvalue weighted by atomic mass is 16.5. The summed E-state index contributed by atoms with van der Waals surface area (Å²) in [5.41, 5.74) is 10.6. The molecule has 4 N–H and O–H groups in total. The van der Waals surface area contributed by atoms with Crippen LogP contribution in [0.2, 0.25) is 0 Å². The highest BCUT2D eigenvalue weighted by Crippen LogP contribution is 2.20. The maximum absolute atomic E-state index is 13.2. The normalized spacial score (nSPS) is 11.3. The van der Waals surface area contributed by atoms with E-state index in [1.807, 2.05) is 54.6 Å². The van der Waals surface area contributed by atoms with Gasteiger partial charge >= 0.3 is 5.97 Å². The maximum Gasteiger partial charge on any atom is 0.337 e. The van der Waals surface area contributed by atoms with Crippen LogP contribution in [-0.2, 0) is 16.0 Å². The van der Waals surface area contributed by atoms with Gasteiger partial charge in [0.15, 0.2) is 0 Å². The van der Waals surface area contributed by atoms with Crippen LogP contribution in [0.5, 0.6) is 0 Å². The van der Waals surface area contributed by atoms with Crippen LogP contribution < -0.4 is 16.4 Å². The molecule has 4 aromatic rings. The lowest BCUT2D eigenvalue weighted by Crippen LogP contribution is -2.45. The number of carbonyl (C=O) groups is 3. The van der Waals surface area contributed by atoms with Gasteiger partial charge in [-0.25, -0.2) is 4.79 Å². The highest BCUT2D eigenvalue weighted by Gasteiger charge is 2.22. The number of esters is 1. The Kier molecular flexibility index (Phi) is 7.95. The minimum absolute atomic E-state index is 0.280. The summed E-state index contributed by atoms with van der Waals surface area (Å²) >= 11 is 0. The van der Waals surface area contributed by atoms with Crippen molar-refractivity contribution < 1.29 is 19.1 Å². The number of amides is 2. The summed E-state index contributed by atoms with van der Waals surface area (Å²) in [7, 11) is 1.29. The lowest BCUT2D eigenvalue weighted by Gasteiger charge is -2.19.